The number of hydrogen-bond donors (Lipinski definition) is 1. The van der Waals surface area contributed by atoms with Crippen LogP contribution in [0.2, 0.25) is 0 Å². The van der Waals surface area contributed by atoms with Crippen molar-refractivity contribution in [2.75, 3.05) is 5.32 Å². The van der Waals surface area contributed by atoms with Crippen LogP contribution in [0.4, 0.5) is 29.3 Å². The normalized spacial score (nSPS) is 11.7. The average Bonchev–Trinajstić information content (AvgIpc) is 2.81. The van der Waals surface area contributed by atoms with E-state index < -0.39 is 23.5 Å². The molecule has 0 spiro atoms. The van der Waals surface area contributed by atoms with Crippen LogP contribution in [-0.2, 0) is 17.5 Å². The number of hydrogen-bond acceptors (Lipinski definition) is 5. The largest absolute Gasteiger partial charge is 0.444 e. The molecule has 0 aliphatic rings. The smallest absolute Gasteiger partial charge is 0.416 e. The first kappa shape index (κ1) is 23.7. The molecule has 0 bridgehead atoms. The Morgan fingerprint density at radius 1 is 1.03 bits per heavy atom. The summed E-state index contributed by atoms with van der Waals surface area (Å²) < 4.78 is 48.3. The highest BCUT2D eigenvalue weighted by molar-refractivity contribution is 5.89. The van der Waals surface area contributed by atoms with Gasteiger partial charge in [-0.2, -0.15) is 13.2 Å². The van der Waals surface area contributed by atoms with Crippen molar-refractivity contribution in [2.24, 2.45) is 4.99 Å². The molecule has 0 aliphatic heterocycles. The molecule has 0 saturated heterocycles. The van der Waals surface area contributed by atoms with Gasteiger partial charge in [-0.3, -0.25) is 10.3 Å². The Hall–Kier alpha value is -4.40. The number of aryl methyl sites for hydroxylation is 1. The van der Waals surface area contributed by atoms with E-state index in [1.165, 1.54) is 24.4 Å². The second-order valence-corrected chi connectivity index (χ2v) is 7.70. The first-order valence-electron chi connectivity index (χ1n) is 10.5. The summed E-state index contributed by atoms with van der Waals surface area (Å²) in [5, 5.41) is 3.36. The fourth-order valence-electron chi connectivity index (χ4n) is 3.29. The average molecular weight is 480 g/mol. The minimum absolute atomic E-state index is 0.0104. The third kappa shape index (κ3) is 6.14. The predicted molar refractivity (Wildman–Crippen MR) is 126 cm³/mol. The lowest BCUT2D eigenvalue weighted by Gasteiger charge is -2.08. The van der Waals surface area contributed by atoms with E-state index in [0.29, 0.717) is 28.1 Å². The molecule has 0 atom stereocenters. The van der Waals surface area contributed by atoms with E-state index in [2.05, 4.69) is 10.3 Å². The number of nitrogens with one attached hydrogen (secondary N) is 1. The molecule has 0 saturated carbocycles. The third-order valence-electron chi connectivity index (χ3n) is 5.10. The maximum absolute atomic E-state index is 12.6. The van der Waals surface area contributed by atoms with E-state index in [1.807, 2.05) is 0 Å². The number of fused-ring (bicyclic) bond motifs is 1. The van der Waals surface area contributed by atoms with Crippen molar-refractivity contribution < 1.29 is 27.1 Å². The van der Waals surface area contributed by atoms with Crippen molar-refractivity contribution in [3.63, 3.8) is 0 Å². The zero-order valence-electron chi connectivity index (χ0n) is 18.4. The topological polar surface area (TPSA) is 80.9 Å². The number of carbonyl (C=O) groups excluding carboxylic acids is 1. The quantitative estimate of drug-likeness (QED) is 0.257. The van der Waals surface area contributed by atoms with Crippen LogP contribution in [0.15, 0.2) is 87.0 Å². The lowest BCUT2D eigenvalue weighted by Crippen LogP contribution is -2.13. The summed E-state index contributed by atoms with van der Waals surface area (Å²) in [4.78, 5) is 27.9. The molecule has 1 heterocycles. The fraction of sp³-hybridized carbons (Fsp3) is 0.115. The summed E-state index contributed by atoms with van der Waals surface area (Å²) >= 11 is 0. The van der Waals surface area contributed by atoms with Crippen LogP contribution < -0.4 is 10.9 Å². The van der Waals surface area contributed by atoms with Gasteiger partial charge in [0, 0.05) is 29.4 Å². The van der Waals surface area contributed by atoms with Crippen molar-refractivity contribution in [1.29, 1.82) is 0 Å². The molecule has 0 aliphatic carbocycles. The monoisotopic (exact) mass is 480 g/mol. The molecule has 1 N–H and O–H groups in total. The standard InChI is InChI=1S/C26H19F3N2O4/c1-16-12-24(32)35-23-13-21(10-11-22(16)23)31-25(33)34-15-18-4-8-20(9-5-18)30-14-17-2-6-19(7-3-17)26(27,28)29/h2-14H,15H2,1H3,(H,31,33). The van der Waals surface area contributed by atoms with Gasteiger partial charge in [-0.25, -0.2) is 9.59 Å². The van der Waals surface area contributed by atoms with Gasteiger partial charge in [0.15, 0.2) is 0 Å². The molecule has 9 heteroatoms. The highest BCUT2D eigenvalue weighted by atomic mass is 19.4. The summed E-state index contributed by atoms with van der Waals surface area (Å²) in [6, 6.07) is 17.9. The number of amides is 1. The van der Waals surface area contributed by atoms with Crippen LogP contribution in [0.3, 0.4) is 0 Å². The predicted octanol–water partition coefficient (Wildman–Crippen LogP) is 6.62. The SMILES string of the molecule is Cc1cc(=O)oc2cc(NC(=O)OCc3ccc(N=Cc4ccc(C(F)(F)F)cc4)cc3)ccc12. The first-order chi connectivity index (χ1) is 16.7. The minimum atomic E-state index is -4.38. The van der Waals surface area contributed by atoms with Crippen LogP contribution >= 0.6 is 0 Å². The molecule has 178 valence electrons. The van der Waals surface area contributed by atoms with E-state index in [1.54, 1.807) is 49.4 Å². The molecule has 0 radical (unpaired) electrons. The molecule has 3 aromatic carbocycles. The number of halogens is 3. The molecular weight excluding hydrogens is 461 g/mol. The summed E-state index contributed by atoms with van der Waals surface area (Å²) in [5.41, 5.74) is 2.21. The summed E-state index contributed by atoms with van der Waals surface area (Å²) in [6.07, 6.45) is -3.59. The zero-order valence-corrected chi connectivity index (χ0v) is 18.4. The highest BCUT2D eigenvalue weighted by Crippen LogP contribution is 2.29. The van der Waals surface area contributed by atoms with Gasteiger partial charge in [0.05, 0.1) is 11.3 Å². The van der Waals surface area contributed by atoms with Crippen LogP contribution in [0, 0.1) is 6.92 Å². The molecule has 0 fully saturated rings. The van der Waals surface area contributed by atoms with E-state index >= 15 is 0 Å². The van der Waals surface area contributed by atoms with Gasteiger partial charge >= 0.3 is 17.9 Å². The van der Waals surface area contributed by atoms with Crippen molar-refractivity contribution in [3.8, 4) is 0 Å². The van der Waals surface area contributed by atoms with Crippen LogP contribution in [0.25, 0.3) is 11.0 Å². The molecule has 0 unspecified atom stereocenters. The number of rotatable bonds is 5. The Kier molecular flexibility index (Phi) is 6.68. The molecule has 1 aromatic heterocycles. The zero-order chi connectivity index (χ0) is 25.0. The summed E-state index contributed by atoms with van der Waals surface area (Å²) in [6.45, 7) is 1.81. The molecule has 6 nitrogen and oxygen atoms in total. The van der Waals surface area contributed by atoms with E-state index in [-0.39, 0.29) is 6.61 Å². The number of alkyl halides is 3. The molecule has 1 amide bonds. The van der Waals surface area contributed by atoms with Crippen molar-refractivity contribution in [3.05, 3.63) is 105 Å². The van der Waals surface area contributed by atoms with Crippen molar-refractivity contribution >= 4 is 34.7 Å². The third-order valence-corrected chi connectivity index (χ3v) is 5.10. The van der Waals surface area contributed by atoms with Gasteiger partial charge in [-0.05, 0) is 60.0 Å². The van der Waals surface area contributed by atoms with Gasteiger partial charge in [0.1, 0.15) is 12.2 Å². The Bertz CT molecular complexity index is 1440. The van der Waals surface area contributed by atoms with Crippen LogP contribution in [0.1, 0.15) is 22.3 Å². The Morgan fingerprint density at radius 2 is 1.74 bits per heavy atom. The number of ether oxygens (including phenoxy) is 1. The fourth-order valence-corrected chi connectivity index (χ4v) is 3.29. The van der Waals surface area contributed by atoms with Gasteiger partial charge in [-0.15, -0.1) is 0 Å². The van der Waals surface area contributed by atoms with Crippen molar-refractivity contribution in [1.82, 2.24) is 0 Å². The van der Waals surface area contributed by atoms with E-state index in [0.717, 1.165) is 23.1 Å². The number of aliphatic imine (C=N–C) groups is 1. The number of benzene rings is 3. The maximum Gasteiger partial charge on any atom is 0.416 e. The molecule has 4 aromatic rings. The van der Waals surface area contributed by atoms with E-state index in [9.17, 15) is 22.8 Å². The maximum atomic E-state index is 12.6. The Morgan fingerprint density at radius 3 is 2.43 bits per heavy atom. The first-order valence-corrected chi connectivity index (χ1v) is 10.5. The van der Waals surface area contributed by atoms with E-state index in [4.69, 9.17) is 9.15 Å². The number of carbonyl (C=O) groups is 1. The van der Waals surface area contributed by atoms with Crippen LogP contribution in [0.5, 0.6) is 0 Å². The Balaban J connectivity index is 1.32. The van der Waals surface area contributed by atoms with Gasteiger partial charge < -0.3 is 9.15 Å². The second kappa shape index (κ2) is 9.84. The lowest BCUT2D eigenvalue weighted by molar-refractivity contribution is -0.137. The Labute approximate surface area is 197 Å². The minimum Gasteiger partial charge on any atom is -0.444 e. The summed E-state index contributed by atoms with van der Waals surface area (Å²) in [7, 11) is 0. The van der Waals surface area contributed by atoms with Gasteiger partial charge in [-0.1, -0.05) is 24.3 Å². The molecular formula is C26H19F3N2O4. The number of anilines is 1. The van der Waals surface area contributed by atoms with Crippen LogP contribution in [-0.4, -0.2) is 12.3 Å². The molecule has 35 heavy (non-hydrogen) atoms. The lowest BCUT2D eigenvalue weighted by atomic mass is 10.1. The van der Waals surface area contributed by atoms with Gasteiger partial charge in [0.25, 0.3) is 0 Å². The highest BCUT2D eigenvalue weighted by Gasteiger charge is 2.29. The summed E-state index contributed by atoms with van der Waals surface area (Å²) in [5.74, 6) is 0. The van der Waals surface area contributed by atoms with Crippen molar-refractivity contribution in [2.45, 2.75) is 19.7 Å². The second-order valence-electron chi connectivity index (χ2n) is 7.70. The van der Waals surface area contributed by atoms with Gasteiger partial charge in [0.2, 0.25) is 0 Å². The molecule has 4 rings (SSSR count). The number of nitrogens with zero attached hydrogens (tertiary/aromatic N) is 1.